The van der Waals surface area contributed by atoms with Gasteiger partial charge in [-0.15, -0.1) is 0 Å². The van der Waals surface area contributed by atoms with Crippen LogP contribution in [0.2, 0.25) is 0 Å². The van der Waals surface area contributed by atoms with Crippen LogP contribution in [0.3, 0.4) is 0 Å². The average molecular weight is 382 g/mol. The summed E-state index contributed by atoms with van der Waals surface area (Å²) in [6.07, 6.45) is 1.39. The van der Waals surface area contributed by atoms with Gasteiger partial charge in [0.15, 0.2) is 0 Å². The van der Waals surface area contributed by atoms with Crippen molar-refractivity contribution in [3.63, 3.8) is 0 Å². The Morgan fingerprint density at radius 1 is 1.00 bits per heavy atom. The van der Waals surface area contributed by atoms with Crippen LogP contribution in [0, 0.1) is 5.82 Å². The first-order valence-electron chi connectivity index (χ1n) is 8.61. The van der Waals surface area contributed by atoms with Crippen LogP contribution in [0.1, 0.15) is 46.2 Å². The molecule has 0 fully saturated rings. The largest absolute Gasteiger partial charge is 0.507 e. The number of amides is 2. The quantitative estimate of drug-likeness (QED) is 0.605. The number of aromatic nitrogens is 2. The fourth-order valence-electron chi connectivity index (χ4n) is 2.79. The summed E-state index contributed by atoms with van der Waals surface area (Å²) in [4.78, 5) is 24.7. The molecule has 2 amide bonds. The van der Waals surface area contributed by atoms with Crippen molar-refractivity contribution in [3.8, 4) is 11.4 Å². The molecule has 2 aromatic carbocycles. The number of phenolic OH excluding ortho intramolecular Hbond substituents is 1. The Morgan fingerprint density at radius 2 is 1.61 bits per heavy atom. The third-order valence-electron chi connectivity index (χ3n) is 4.11. The van der Waals surface area contributed by atoms with Crippen molar-refractivity contribution in [2.75, 3.05) is 0 Å². The van der Waals surface area contributed by atoms with Crippen molar-refractivity contribution >= 4 is 11.8 Å². The molecule has 0 spiro atoms. The van der Waals surface area contributed by atoms with Crippen LogP contribution in [0.4, 0.5) is 4.39 Å². The van der Waals surface area contributed by atoms with Crippen molar-refractivity contribution in [3.05, 3.63) is 77.4 Å². The minimum absolute atomic E-state index is 0.0360. The first-order chi connectivity index (χ1) is 13.4. The van der Waals surface area contributed by atoms with Crippen molar-refractivity contribution in [1.82, 2.24) is 20.6 Å². The number of halogens is 1. The van der Waals surface area contributed by atoms with E-state index < -0.39 is 11.8 Å². The molecular weight excluding hydrogens is 363 g/mol. The lowest BCUT2D eigenvalue weighted by atomic mass is 10.1. The van der Waals surface area contributed by atoms with E-state index >= 15 is 0 Å². The van der Waals surface area contributed by atoms with E-state index in [1.54, 1.807) is 28.9 Å². The Balaban J connectivity index is 1.81. The van der Waals surface area contributed by atoms with Gasteiger partial charge in [-0.1, -0.05) is 26.0 Å². The van der Waals surface area contributed by atoms with E-state index in [9.17, 15) is 19.1 Å². The number of hydrogen-bond donors (Lipinski definition) is 3. The zero-order valence-corrected chi connectivity index (χ0v) is 15.3. The molecule has 1 heterocycles. The lowest BCUT2D eigenvalue weighted by Crippen LogP contribution is -2.42. The summed E-state index contributed by atoms with van der Waals surface area (Å²) in [6, 6.07) is 11.7. The zero-order chi connectivity index (χ0) is 20.3. The van der Waals surface area contributed by atoms with Gasteiger partial charge in [-0.2, -0.15) is 5.10 Å². The van der Waals surface area contributed by atoms with E-state index in [2.05, 4.69) is 16.0 Å². The van der Waals surface area contributed by atoms with Gasteiger partial charge < -0.3 is 5.11 Å². The van der Waals surface area contributed by atoms with Gasteiger partial charge >= 0.3 is 0 Å². The second-order valence-electron chi connectivity index (χ2n) is 6.41. The Morgan fingerprint density at radius 3 is 2.21 bits per heavy atom. The smallest absolute Gasteiger partial charge is 0.273 e. The van der Waals surface area contributed by atoms with E-state index in [0.717, 1.165) is 0 Å². The molecule has 0 saturated carbocycles. The van der Waals surface area contributed by atoms with Gasteiger partial charge in [0.1, 0.15) is 11.6 Å². The maximum atomic E-state index is 13.2. The first-order valence-corrected chi connectivity index (χ1v) is 8.61. The molecule has 1 aromatic heterocycles. The van der Waals surface area contributed by atoms with Crippen LogP contribution in [-0.2, 0) is 0 Å². The summed E-state index contributed by atoms with van der Waals surface area (Å²) in [5.74, 6) is -1.83. The van der Waals surface area contributed by atoms with Crippen LogP contribution in [0.15, 0.2) is 54.7 Å². The summed E-state index contributed by atoms with van der Waals surface area (Å²) >= 11 is 0. The van der Waals surface area contributed by atoms with E-state index in [4.69, 9.17) is 0 Å². The van der Waals surface area contributed by atoms with Gasteiger partial charge in [-0.05, 0) is 42.3 Å². The normalized spacial score (nSPS) is 10.7. The fourth-order valence-corrected chi connectivity index (χ4v) is 2.79. The summed E-state index contributed by atoms with van der Waals surface area (Å²) < 4.78 is 14.7. The number of rotatable bonds is 4. The number of hydrazine groups is 1. The number of nitrogens with zero attached hydrogens (tertiary/aromatic N) is 2. The highest BCUT2D eigenvalue weighted by atomic mass is 19.1. The molecule has 0 aliphatic rings. The monoisotopic (exact) mass is 382 g/mol. The van der Waals surface area contributed by atoms with Crippen LogP contribution in [0.25, 0.3) is 5.69 Å². The number of carbonyl (C=O) groups is 2. The SMILES string of the molecule is CC(C)c1c(C(=O)NNC(=O)c2ccccc2O)cnn1-c1ccc(F)cc1. The lowest BCUT2D eigenvalue weighted by molar-refractivity contribution is 0.0844. The summed E-state index contributed by atoms with van der Waals surface area (Å²) in [7, 11) is 0. The highest BCUT2D eigenvalue weighted by molar-refractivity contribution is 6.00. The molecule has 3 rings (SSSR count). The number of hydrogen-bond acceptors (Lipinski definition) is 4. The van der Waals surface area contributed by atoms with Gasteiger partial charge in [-0.25, -0.2) is 9.07 Å². The molecule has 0 aliphatic carbocycles. The van der Waals surface area contributed by atoms with Crippen molar-refractivity contribution in [2.24, 2.45) is 0 Å². The van der Waals surface area contributed by atoms with Crippen molar-refractivity contribution in [1.29, 1.82) is 0 Å². The Hall–Kier alpha value is -3.68. The Kier molecular flexibility index (Phi) is 5.39. The highest BCUT2D eigenvalue weighted by Gasteiger charge is 2.21. The molecule has 28 heavy (non-hydrogen) atoms. The standard InChI is InChI=1S/C20H19FN4O3/c1-12(2)18-16(11-22-25(18)14-9-7-13(21)8-10-14)20(28)24-23-19(27)15-5-3-4-6-17(15)26/h3-12,26H,1-2H3,(H,23,27)(H,24,28). The number of benzene rings is 2. The molecule has 0 saturated heterocycles. The van der Waals surface area contributed by atoms with Crippen LogP contribution in [-0.4, -0.2) is 26.7 Å². The van der Waals surface area contributed by atoms with Crippen molar-refractivity contribution < 1.29 is 19.1 Å². The molecule has 0 unspecified atom stereocenters. The van der Waals surface area contributed by atoms with Crippen LogP contribution in [0.5, 0.6) is 5.75 Å². The molecule has 7 nitrogen and oxygen atoms in total. The molecule has 0 radical (unpaired) electrons. The van der Waals surface area contributed by atoms with Crippen molar-refractivity contribution in [2.45, 2.75) is 19.8 Å². The molecule has 0 bridgehead atoms. The Bertz CT molecular complexity index is 1010. The lowest BCUT2D eigenvalue weighted by Gasteiger charge is -2.13. The van der Waals surface area contributed by atoms with E-state index in [0.29, 0.717) is 11.4 Å². The topological polar surface area (TPSA) is 96.2 Å². The van der Waals surface area contributed by atoms with Crippen LogP contribution < -0.4 is 10.9 Å². The van der Waals surface area contributed by atoms with Gasteiger partial charge in [0.05, 0.1) is 28.7 Å². The molecule has 3 aromatic rings. The van der Waals surface area contributed by atoms with Gasteiger partial charge in [0, 0.05) is 0 Å². The van der Waals surface area contributed by atoms with Gasteiger partial charge in [0.2, 0.25) is 0 Å². The predicted molar refractivity (Wildman–Crippen MR) is 101 cm³/mol. The fraction of sp³-hybridized carbons (Fsp3) is 0.150. The first kappa shape index (κ1) is 19.1. The Labute approximate surface area is 160 Å². The summed E-state index contributed by atoms with van der Waals surface area (Å²) in [6.45, 7) is 3.79. The molecule has 8 heteroatoms. The third kappa shape index (κ3) is 3.85. The number of nitrogens with one attached hydrogen (secondary N) is 2. The molecule has 144 valence electrons. The number of phenols is 1. The van der Waals surface area contributed by atoms with Gasteiger partial charge in [0.25, 0.3) is 11.8 Å². The predicted octanol–water partition coefficient (Wildman–Crippen LogP) is 2.92. The zero-order valence-electron chi connectivity index (χ0n) is 15.3. The maximum absolute atomic E-state index is 13.2. The minimum Gasteiger partial charge on any atom is -0.507 e. The maximum Gasteiger partial charge on any atom is 0.273 e. The molecule has 0 aliphatic heterocycles. The molecular formula is C20H19FN4O3. The second kappa shape index (κ2) is 7.91. The van der Waals surface area contributed by atoms with E-state index in [-0.39, 0.29) is 28.6 Å². The summed E-state index contributed by atoms with van der Waals surface area (Å²) in [5, 5.41) is 14.0. The summed E-state index contributed by atoms with van der Waals surface area (Å²) in [5.41, 5.74) is 6.14. The highest BCUT2D eigenvalue weighted by Crippen LogP contribution is 2.23. The molecule has 0 atom stereocenters. The van der Waals surface area contributed by atoms with Crippen LogP contribution >= 0.6 is 0 Å². The van der Waals surface area contributed by atoms with E-state index in [1.807, 2.05) is 13.8 Å². The molecule has 3 N–H and O–H groups in total. The number of aromatic hydroxyl groups is 1. The van der Waals surface area contributed by atoms with Gasteiger partial charge in [-0.3, -0.25) is 20.4 Å². The van der Waals surface area contributed by atoms with E-state index in [1.165, 1.54) is 30.5 Å². The average Bonchev–Trinajstić information content (AvgIpc) is 3.12. The number of para-hydroxylation sites is 1. The third-order valence-corrected chi connectivity index (χ3v) is 4.11. The minimum atomic E-state index is -0.650. The second-order valence-corrected chi connectivity index (χ2v) is 6.41. The number of carbonyl (C=O) groups excluding carboxylic acids is 2.